The second-order valence-corrected chi connectivity index (χ2v) is 5.23. The molecule has 1 unspecified atom stereocenters. The summed E-state index contributed by atoms with van der Waals surface area (Å²) >= 11 is 0. The van der Waals surface area contributed by atoms with Crippen LogP contribution in [0.3, 0.4) is 0 Å². The van der Waals surface area contributed by atoms with Crippen LogP contribution in [0.2, 0.25) is 0 Å². The Morgan fingerprint density at radius 2 is 1.95 bits per heavy atom. The second kappa shape index (κ2) is 6.52. The van der Waals surface area contributed by atoms with E-state index in [-0.39, 0.29) is 6.10 Å². The highest BCUT2D eigenvalue weighted by Crippen LogP contribution is 2.15. The average Bonchev–Trinajstić information content (AvgIpc) is 2.97. The van der Waals surface area contributed by atoms with Crippen LogP contribution in [0.25, 0.3) is 10.9 Å². The molecule has 0 aliphatic rings. The molecule has 0 radical (unpaired) electrons. The SMILES string of the molecule is OC(CNCc1cccc2cn[nH]c12)Cc1ccccc1. The molecule has 1 heterocycles. The van der Waals surface area contributed by atoms with Gasteiger partial charge in [0, 0.05) is 18.5 Å². The zero-order valence-electron chi connectivity index (χ0n) is 11.8. The lowest BCUT2D eigenvalue weighted by Crippen LogP contribution is -2.28. The maximum Gasteiger partial charge on any atom is 0.0704 e. The molecule has 4 nitrogen and oxygen atoms in total. The van der Waals surface area contributed by atoms with Crippen LogP contribution in [0.15, 0.2) is 54.7 Å². The maximum atomic E-state index is 10.1. The summed E-state index contributed by atoms with van der Waals surface area (Å²) < 4.78 is 0. The minimum Gasteiger partial charge on any atom is -0.391 e. The molecule has 0 saturated heterocycles. The minimum atomic E-state index is -0.381. The lowest BCUT2D eigenvalue weighted by atomic mass is 10.1. The fraction of sp³-hybridized carbons (Fsp3) is 0.235. The predicted octanol–water partition coefficient (Wildman–Crippen LogP) is 2.26. The number of fused-ring (bicyclic) bond motifs is 1. The lowest BCUT2D eigenvalue weighted by Gasteiger charge is -2.12. The zero-order valence-corrected chi connectivity index (χ0v) is 11.8. The standard InChI is InChI=1S/C17H19N3O/c21-16(9-13-5-2-1-3-6-13)12-18-10-14-7-4-8-15-11-19-20-17(14)15/h1-8,11,16,18,21H,9-10,12H2,(H,19,20). The van der Waals surface area contributed by atoms with Gasteiger partial charge in [-0.2, -0.15) is 5.10 Å². The molecule has 3 N–H and O–H groups in total. The van der Waals surface area contributed by atoms with Crippen LogP contribution in [-0.2, 0) is 13.0 Å². The van der Waals surface area contributed by atoms with E-state index in [4.69, 9.17) is 0 Å². The van der Waals surface area contributed by atoms with Gasteiger partial charge in [0.05, 0.1) is 17.8 Å². The number of hydrogen-bond acceptors (Lipinski definition) is 3. The van der Waals surface area contributed by atoms with Crippen molar-refractivity contribution >= 4 is 10.9 Å². The zero-order chi connectivity index (χ0) is 14.5. The minimum absolute atomic E-state index is 0.381. The summed E-state index contributed by atoms with van der Waals surface area (Å²) in [6, 6.07) is 16.2. The normalized spacial score (nSPS) is 12.6. The van der Waals surface area contributed by atoms with Gasteiger partial charge in [0.2, 0.25) is 0 Å². The number of aliphatic hydroxyl groups is 1. The molecule has 1 atom stereocenters. The molecule has 3 rings (SSSR count). The smallest absolute Gasteiger partial charge is 0.0704 e. The quantitative estimate of drug-likeness (QED) is 0.649. The number of rotatable bonds is 6. The average molecular weight is 281 g/mol. The summed E-state index contributed by atoms with van der Waals surface area (Å²) in [5, 5.41) is 21.6. The van der Waals surface area contributed by atoms with Gasteiger partial charge in [-0.15, -0.1) is 0 Å². The van der Waals surface area contributed by atoms with Crippen LogP contribution in [-0.4, -0.2) is 28.0 Å². The van der Waals surface area contributed by atoms with E-state index in [9.17, 15) is 5.11 Å². The fourth-order valence-electron chi connectivity index (χ4n) is 2.51. The highest BCUT2D eigenvalue weighted by Gasteiger charge is 2.06. The second-order valence-electron chi connectivity index (χ2n) is 5.23. The predicted molar refractivity (Wildman–Crippen MR) is 84.0 cm³/mol. The number of hydrogen-bond donors (Lipinski definition) is 3. The molecule has 0 spiro atoms. The van der Waals surface area contributed by atoms with E-state index in [0.29, 0.717) is 19.5 Å². The van der Waals surface area contributed by atoms with Crippen molar-refractivity contribution in [2.45, 2.75) is 19.1 Å². The number of aliphatic hydroxyl groups excluding tert-OH is 1. The van der Waals surface area contributed by atoms with Crippen molar-refractivity contribution in [3.05, 3.63) is 65.9 Å². The van der Waals surface area contributed by atoms with Gasteiger partial charge in [0.1, 0.15) is 0 Å². The van der Waals surface area contributed by atoms with Crippen molar-refractivity contribution < 1.29 is 5.11 Å². The summed E-state index contributed by atoms with van der Waals surface area (Å²) in [5.74, 6) is 0. The van der Waals surface area contributed by atoms with Crippen molar-refractivity contribution in [2.24, 2.45) is 0 Å². The van der Waals surface area contributed by atoms with E-state index >= 15 is 0 Å². The first-order chi connectivity index (χ1) is 10.3. The van der Waals surface area contributed by atoms with Gasteiger partial charge in [0.25, 0.3) is 0 Å². The van der Waals surface area contributed by atoms with Crippen LogP contribution >= 0.6 is 0 Å². The molecule has 0 amide bonds. The first-order valence-corrected chi connectivity index (χ1v) is 7.16. The molecular weight excluding hydrogens is 262 g/mol. The first-order valence-electron chi connectivity index (χ1n) is 7.16. The van der Waals surface area contributed by atoms with Gasteiger partial charge in [-0.25, -0.2) is 0 Å². The molecule has 4 heteroatoms. The molecule has 108 valence electrons. The number of aromatic nitrogens is 2. The van der Waals surface area contributed by atoms with Gasteiger partial charge in [-0.05, 0) is 17.5 Å². The Labute approximate surface area is 123 Å². The molecule has 0 bridgehead atoms. The molecule has 0 aliphatic carbocycles. The highest BCUT2D eigenvalue weighted by molar-refractivity contribution is 5.81. The Hall–Kier alpha value is -2.17. The number of para-hydroxylation sites is 1. The van der Waals surface area contributed by atoms with E-state index in [1.807, 2.05) is 48.7 Å². The summed E-state index contributed by atoms with van der Waals surface area (Å²) in [6.45, 7) is 1.28. The molecule has 0 aliphatic heterocycles. The molecular formula is C17H19N3O. The molecule has 21 heavy (non-hydrogen) atoms. The van der Waals surface area contributed by atoms with Crippen molar-refractivity contribution in [1.29, 1.82) is 0 Å². The third-order valence-corrected chi connectivity index (χ3v) is 3.57. The fourth-order valence-corrected chi connectivity index (χ4v) is 2.51. The number of nitrogens with one attached hydrogen (secondary N) is 2. The monoisotopic (exact) mass is 281 g/mol. The highest BCUT2D eigenvalue weighted by atomic mass is 16.3. The number of benzene rings is 2. The maximum absolute atomic E-state index is 10.1. The number of nitrogens with zero attached hydrogens (tertiary/aromatic N) is 1. The van der Waals surface area contributed by atoms with Gasteiger partial charge >= 0.3 is 0 Å². The van der Waals surface area contributed by atoms with Crippen LogP contribution in [0.4, 0.5) is 0 Å². The topological polar surface area (TPSA) is 60.9 Å². The van der Waals surface area contributed by atoms with Gasteiger partial charge in [-0.3, -0.25) is 5.10 Å². The lowest BCUT2D eigenvalue weighted by molar-refractivity contribution is 0.171. The molecule has 2 aromatic carbocycles. The van der Waals surface area contributed by atoms with Crippen LogP contribution in [0.5, 0.6) is 0 Å². The van der Waals surface area contributed by atoms with E-state index in [2.05, 4.69) is 21.6 Å². The van der Waals surface area contributed by atoms with Crippen molar-refractivity contribution in [3.8, 4) is 0 Å². The Kier molecular flexibility index (Phi) is 4.28. The summed E-state index contributed by atoms with van der Waals surface area (Å²) in [6.07, 6.45) is 2.11. The van der Waals surface area contributed by atoms with E-state index < -0.39 is 0 Å². The molecule has 0 fully saturated rings. The first kappa shape index (κ1) is 13.8. The van der Waals surface area contributed by atoms with Gasteiger partial charge < -0.3 is 10.4 Å². The van der Waals surface area contributed by atoms with E-state index in [0.717, 1.165) is 22.0 Å². The van der Waals surface area contributed by atoms with E-state index in [1.165, 1.54) is 0 Å². The van der Waals surface area contributed by atoms with Crippen LogP contribution < -0.4 is 5.32 Å². The Morgan fingerprint density at radius 1 is 1.10 bits per heavy atom. The van der Waals surface area contributed by atoms with Gasteiger partial charge in [-0.1, -0.05) is 48.5 Å². The largest absolute Gasteiger partial charge is 0.391 e. The summed E-state index contributed by atoms with van der Waals surface area (Å²) in [7, 11) is 0. The van der Waals surface area contributed by atoms with Crippen molar-refractivity contribution in [1.82, 2.24) is 15.5 Å². The third-order valence-electron chi connectivity index (χ3n) is 3.57. The third kappa shape index (κ3) is 3.48. The Bertz CT molecular complexity index is 693. The summed E-state index contributed by atoms with van der Waals surface area (Å²) in [4.78, 5) is 0. The van der Waals surface area contributed by atoms with Crippen molar-refractivity contribution in [3.63, 3.8) is 0 Å². The molecule has 3 aromatic rings. The van der Waals surface area contributed by atoms with Crippen molar-refractivity contribution in [2.75, 3.05) is 6.54 Å². The van der Waals surface area contributed by atoms with Crippen LogP contribution in [0, 0.1) is 0 Å². The van der Waals surface area contributed by atoms with Gasteiger partial charge in [0.15, 0.2) is 0 Å². The number of aromatic amines is 1. The Morgan fingerprint density at radius 3 is 2.81 bits per heavy atom. The van der Waals surface area contributed by atoms with Crippen LogP contribution in [0.1, 0.15) is 11.1 Å². The van der Waals surface area contributed by atoms with E-state index in [1.54, 1.807) is 0 Å². The molecule has 1 aromatic heterocycles. The summed E-state index contributed by atoms with van der Waals surface area (Å²) in [5.41, 5.74) is 3.38. The Balaban J connectivity index is 1.53. The number of H-pyrrole nitrogens is 1. The molecule has 0 saturated carbocycles.